The third kappa shape index (κ3) is 2.92. The lowest BCUT2D eigenvalue weighted by atomic mass is 10.0. The van der Waals surface area contributed by atoms with Crippen molar-refractivity contribution >= 4 is 34.2 Å². The van der Waals surface area contributed by atoms with Gasteiger partial charge >= 0.3 is 0 Å². The van der Waals surface area contributed by atoms with Crippen LogP contribution in [0.1, 0.15) is 18.4 Å². The number of benzene rings is 1. The number of anilines is 2. The van der Waals surface area contributed by atoms with Crippen molar-refractivity contribution in [2.45, 2.75) is 18.9 Å². The molecule has 0 bridgehead atoms. The molecule has 5 heteroatoms. The fraction of sp³-hybridized carbons (Fsp3) is 0.333. The first-order valence-corrected chi connectivity index (χ1v) is 8.03. The molecular weight excluding hydrogens is 288 g/mol. The predicted molar refractivity (Wildman–Crippen MR) is 95.0 cm³/mol. The summed E-state index contributed by atoms with van der Waals surface area (Å²) in [5.74, 6) is 0.533. The number of ether oxygens (including phenoxy) is 1. The molecule has 0 saturated carbocycles. The Morgan fingerprint density at radius 2 is 2.22 bits per heavy atom. The topological polar surface area (TPSA) is 72.5 Å². The first-order chi connectivity index (χ1) is 11.3. The van der Waals surface area contributed by atoms with Crippen LogP contribution in [-0.4, -0.2) is 37.0 Å². The summed E-state index contributed by atoms with van der Waals surface area (Å²) in [5.41, 5.74) is 10.3. The van der Waals surface area contributed by atoms with E-state index in [4.69, 9.17) is 10.5 Å². The van der Waals surface area contributed by atoms with Crippen molar-refractivity contribution in [1.29, 1.82) is 0 Å². The van der Waals surface area contributed by atoms with E-state index in [2.05, 4.69) is 33.5 Å². The van der Waals surface area contributed by atoms with Crippen LogP contribution in [0, 0.1) is 0 Å². The van der Waals surface area contributed by atoms with Gasteiger partial charge in [0.2, 0.25) is 0 Å². The number of aliphatic imine (C=N–C) groups is 1. The minimum Gasteiger partial charge on any atom is -0.384 e. The summed E-state index contributed by atoms with van der Waals surface area (Å²) in [4.78, 5) is 8.74. The van der Waals surface area contributed by atoms with Gasteiger partial charge in [-0.2, -0.15) is 0 Å². The molecule has 4 rings (SSSR count). The minimum absolute atomic E-state index is 0.333. The molecule has 2 aromatic rings. The highest BCUT2D eigenvalue weighted by atomic mass is 16.5. The number of nitrogen functional groups attached to an aromatic ring is 1. The van der Waals surface area contributed by atoms with Crippen LogP contribution in [0.25, 0.3) is 16.5 Å². The number of fused-ring (bicyclic) bond motifs is 1. The number of nitrogens with zero attached hydrogens (tertiary/aromatic N) is 2. The average molecular weight is 308 g/mol. The van der Waals surface area contributed by atoms with Crippen molar-refractivity contribution in [1.82, 2.24) is 4.98 Å². The summed E-state index contributed by atoms with van der Waals surface area (Å²) in [6.45, 7) is 2.34. The summed E-state index contributed by atoms with van der Waals surface area (Å²) in [7, 11) is 0. The molecule has 2 aliphatic rings. The van der Waals surface area contributed by atoms with Crippen molar-refractivity contribution in [2.75, 3.05) is 30.8 Å². The average Bonchev–Trinajstić information content (AvgIpc) is 3.09. The minimum atomic E-state index is 0.333. The van der Waals surface area contributed by atoms with Crippen LogP contribution in [0.3, 0.4) is 0 Å². The van der Waals surface area contributed by atoms with Crippen molar-refractivity contribution in [3.8, 4) is 0 Å². The van der Waals surface area contributed by atoms with Gasteiger partial charge in [-0.05, 0) is 36.1 Å². The molecule has 2 aliphatic heterocycles. The monoisotopic (exact) mass is 308 g/mol. The molecule has 0 spiro atoms. The highest BCUT2D eigenvalue weighted by Crippen LogP contribution is 2.29. The zero-order valence-electron chi connectivity index (χ0n) is 13.0. The molecule has 23 heavy (non-hydrogen) atoms. The van der Waals surface area contributed by atoms with E-state index in [0.29, 0.717) is 11.9 Å². The number of hydrogen-bond donors (Lipinski definition) is 2. The summed E-state index contributed by atoms with van der Waals surface area (Å²) in [5, 5.41) is 4.66. The number of pyridine rings is 1. The highest BCUT2D eigenvalue weighted by Gasteiger charge is 2.16. The molecule has 5 nitrogen and oxygen atoms in total. The Bertz CT molecular complexity index is 791. The van der Waals surface area contributed by atoms with Crippen molar-refractivity contribution in [3.63, 3.8) is 0 Å². The van der Waals surface area contributed by atoms with Crippen LogP contribution >= 0.6 is 0 Å². The van der Waals surface area contributed by atoms with E-state index in [9.17, 15) is 0 Å². The number of nitrogens with one attached hydrogen (secondary N) is 1. The second-order valence-corrected chi connectivity index (χ2v) is 6.07. The predicted octanol–water partition coefficient (Wildman–Crippen LogP) is 2.88. The molecule has 1 unspecified atom stereocenters. The standard InChI is InChI=1S/C18H20N4O/c19-18-9-17(21-14-2-1-7-23-11-14)15-4-3-12(8-16(15)22-18)13-5-6-20-10-13/h3-6,8-9,14H,1-2,7,10-11H2,(H3,19,21,22). The molecular formula is C18H20N4O. The first-order valence-electron chi connectivity index (χ1n) is 8.03. The molecule has 3 N–H and O–H groups in total. The molecule has 1 aromatic carbocycles. The van der Waals surface area contributed by atoms with Crippen molar-refractivity contribution in [3.05, 3.63) is 35.9 Å². The van der Waals surface area contributed by atoms with Crippen LogP contribution in [0.4, 0.5) is 11.5 Å². The Kier molecular flexibility index (Phi) is 3.71. The number of aromatic nitrogens is 1. The van der Waals surface area contributed by atoms with E-state index in [0.717, 1.165) is 54.8 Å². The van der Waals surface area contributed by atoms with E-state index < -0.39 is 0 Å². The number of hydrogen-bond acceptors (Lipinski definition) is 5. The smallest absolute Gasteiger partial charge is 0.126 e. The lowest BCUT2D eigenvalue weighted by Gasteiger charge is -2.25. The van der Waals surface area contributed by atoms with Gasteiger partial charge < -0.3 is 15.8 Å². The largest absolute Gasteiger partial charge is 0.384 e. The maximum absolute atomic E-state index is 6.01. The van der Waals surface area contributed by atoms with E-state index in [-0.39, 0.29) is 0 Å². The van der Waals surface area contributed by atoms with Crippen LogP contribution < -0.4 is 11.1 Å². The summed E-state index contributed by atoms with van der Waals surface area (Å²) in [6.07, 6.45) is 6.11. The van der Waals surface area contributed by atoms with Crippen LogP contribution in [0.5, 0.6) is 0 Å². The number of allylic oxidation sites excluding steroid dienone is 1. The normalized spacial score (nSPS) is 20.7. The zero-order valence-corrected chi connectivity index (χ0v) is 13.0. The van der Waals surface area contributed by atoms with E-state index in [1.807, 2.05) is 18.4 Å². The lowest BCUT2D eigenvalue weighted by molar-refractivity contribution is 0.0876. The second-order valence-electron chi connectivity index (χ2n) is 6.07. The molecule has 1 saturated heterocycles. The molecule has 0 aliphatic carbocycles. The van der Waals surface area contributed by atoms with Gasteiger partial charge in [0.25, 0.3) is 0 Å². The van der Waals surface area contributed by atoms with E-state index in [1.165, 1.54) is 5.57 Å². The van der Waals surface area contributed by atoms with Gasteiger partial charge in [0.1, 0.15) is 5.82 Å². The van der Waals surface area contributed by atoms with Crippen molar-refractivity contribution < 1.29 is 4.74 Å². The SMILES string of the molecule is Nc1cc(NC2CCCOC2)c2ccc(C3=CC=NC3)cc2n1. The molecule has 118 valence electrons. The van der Waals surface area contributed by atoms with E-state index in [1.54, 1.807) is 0 Å². The fourth-order valence-electron chi connectivity index (χ4n) is 3.18. The Morgan fingerprint density at radius 3 is 3.00 bits per heavy atom. The molecule has 1 aromatic heterocycles. The van der Waals surface area contributed by atoms with E-state index >= 15 is 0 Å². The van der Waals surface area contributed by atoms with Gasteiger partial charge in [-0.3, -0.25) is 4.99 Å². The Hall–Kier alpha value is -2.40. The fourth-order valence-corrected chi connectivity index (χ4v) is 3.18. The third-order valence-electron chi connectivity index (χ3n) is 4.36. The number of rotatable bonds is 3. The molecule has 1 atom stereocenters. The lowest BCUT2D eigenvalue weighted by Crippen LogP contribution is -2.30. The quantitative estimate of drug-likeness (QED) is 0.914. The van der Waals surface area contributed by atoms with Crippen LogP contribution in [0.2, 0.25) is 0 Å². The van der Waals surface area contributed by atoms with Gasteiger partial charge in [0, 0.05) is 36.0 Å². The third-order valence-corrected chi connectivity index (χ3v) is 4.36. The summed E-state index contributed by atoms with van der Waals surface area (Å²) >= 11 is 0. The summed E-state index contributed by atoms with van der Waals surface area (Å²) < 4.78 is 5.55. The zero-order chi connectivity index (χ0) is 15.6. The Morgan fingerprint density at radius 1 is 1.26 bits per heavy atom. The molecule has 1 fully saturated rings. The number of nitrogens with two attached hydrogens (primary N) is 1. The Labute approximate surface area is 135 Å². The molecule has 3 heterocycles. The molecule has 0 amide bonds. The van der Waals surface area contributed by atoms with Crippen molar-refractivity contribution in [2.24, 2.45) is 4.99 Å². The highest BCUT2D eigenvalue weighted by molar-refractivity contribution is 5.97. The summed E-state index contributed by atoms with van der Waals surface area (Å²) in [6, 6.07) is 8.58. The van der Waals surface area contributed by atoms with Gasteiger partial charge in [0.15, 0.2) is 0 Å². The second kappa shape index (κ2) is 6.01. The van der Waals surface area contributed by atoms with Gasteiger partial charge in [-0.15, -0.1) is 0 Å². The van der Waals surface area contributed by atoms with Gasteiger partial charge in [0.05, 0.1) is 18.7 Å². The Balaban J connectivity index is 1.69. The van der Waals surface area contributed by atoms with Gasteiger partial charge in [-0.25, -0.2) is 4.98 Å². The maximum Gasteiger partial charge on any atom is 0.126 e. The maximum atomic E-state index is 6.01. The first kappa shape index (κ1) is 14.2. The van der Waals surface area contributed by atoms with Crippen LogP contribution in [0.15, 0.2) is 35.3 Å². The van der Waals surface area contributed by atoms with Gasteiger partial charge in [-0.1, -0.05) is 12.1 Å². The van der Waals surface area contributed by atoms with Crippen LogP contribution in [-0.2, 0) is 4.74 Å². The molecule has 0 radical (unpaired) electrons.